The highest BCUT2D eigenvalue weighted by Gasteiger charge is 2.25. The molecule has 0 heterocycles. The van der Waals surface area contributed by atoms with E-state index in [1.807, 2.05) is 0 Å². The Bertz CT molecular complexity index is 584. The van der Waals surface area contributed by atoms with Crippen LogP contribution in [0.3, 0.4) is 0 Å². The Hall–Kier alpha value is -0.850. The van der Waals surface area contributed by atoms with E-state index in [4.69, 9.17) is 17.3 Å². The van der Waals surface area contributed by atoms with Crippen LogP contribution in [0.25, 0.3) is 0 Å². The fourth-order valence-corrected chi connectivity index (χ4v) is 4.19. The standard InChI is InChI=1S/C13H18ClFN2O2S/c14-9-7-11(16)13(15)12(8-9)20(18,19)17-10-5-3-1-2-4-6-10/h7-8,10,17H,1-6,16H2. The fraction of sp³-hybridized carbons (Fsp3) is 0.538. The van der Waals surface area contributed by atoms with Crippen molar-refractivity contribution in [1.82, 2.24) is 4.72 Å². The summed E-state index contributed by atoms with van der Waals surface area (Å²) >= 11 is 5.76. The first kappa shape index (κ1) is 15.5. The zero-order valence-corrected chi connectivity index (χ0v) is 12.6. The number of sulfonamides is 1. The third-order valence-electron chi connectivity index (χ3n) is 3.50. The lowest BCUT2D eigenvalue weighted by atomic mass is 10.1. The predicted octanol–water partition coefficient (Wildman–Crippen LogP) is 3.06. The van der Waals surface area contributed by atoms with Crippen molar-refractivity contribution in [3.8, 4) is 0 Å². The average Bonchev–Trinajstić information content (AvgIpc) is 2.61. The summed E-state index contributed by atoms with van der Waals surface area (Å²) in [6, 6.07) is 2.13. The third-order valence-corrected chi connectivity index (χ3v) is 5.24. The van der Waals surface area contributed by atoms with E-state index in [-0.39, 0.29) is 16.8 Å². The van der Waals surface area contributed by atoms with E-state index in [9.17, 15) is 12.8 Å². The zero-order chi connectivity index (χ0) is 14.8. The molecule has 1 saturated carbocycles. The quantitative estimate of drug-likeness (QED) is 0.664. The Balaban J connectivity index is 2.26. The number of nitrogens with two attached hydrogens (primary N) is 1. The molecule has 20 heavy (non-hydrogen) atoms. The van der Waals surface area contributed by atoms with E-state index in [2.05, 4.69) is 4.72 Å². The molecule has 0 spiro atoms. The molecule has 0 saturated heterocycles. The molecule has 0 unspecified atom stereocenters. The van der Waals surface area contributed by atoms with Crippen LogP contribution in [-0.4, -0.2) is 14.5 Å². The first-order valence-corrected chi connectivity index (χ1v) is 8.53. The summed E-state index contributed by atoms with van der Waals surface area (Å²) in [7, 11) is -3.94. The van der Waals surface area contributed by atoms with Crippen LogP contribution >= 0.6 is 11.6 Å². The Morgan fingerprint density at radius 2 is 1.80 bits per heavy atom. The summed E-state index contributed by atoms with van der Waals surface area (Å²) in [6.07, 6.45) is 5.72. The van der Waals surface area contributed by atoms with Crippen molar-refractivity contribution in [2.75, 3.05) is 5.73 Å². The van der Waals surface area contributed by atoms with Gasteiger partial charge in [0, 0.05) is 11.1 Å². The predicted molar refractivity (Wildman–Crippen MR) is 77.6 cm³/mol. The Morgan fingerprint density at radius 3 is 2.40 bits per heavy atom. The molecule has 2 rings (SSSR count). The van der Waals surface area contributed by atoms with Crippen LogP contribution in [0.15, 0.2) is 17.0 Å². The van der Waals surface area contributed by atoms with Crippen LogP contribution in [0.4, 0.5) is 10.1 Å². The number of hydrogen-bond acceptors (Lipinski definition) is 3. The molecule has 0 aromatic heterocycles. The second kappa shape index (κ2) is 6.28. The summed E-state index contributed by atoms with van der Waals surface area (Å²) < 4.78 is 41.0. The van der Waals surface area contributed by atoms with Crippen LogP contribution in [0.2, 0.25) is 5.02 Å². The highest BCUT2D eigenvalue weighted by Crippen LogP contribution is 2.26. The minimum Gasteiger partial charge on any atom is -0.396 e. The largest absolute Gasteiger partial charge is 0.396 e. The lowest BCUT2D eigenvalue weighted by Gasteiger charge is -2.17. The number of nitrogens with one attached hydrogen (secondary N) is 1. The molecule has 1 fully saturated rings. The SMILES string of the molecule is Nc1cc(Cl)cc(S(=O)(=O)NC2CCCCCC2)c1F. The van der Waals surface area contributed by atoms with E-state index in [0.717, 1.165) is 44.6 Å². The van der Waals surface area contributed by atoms with Crippen LogP contribution in [0.1, 0.15) is 38.5 Å². The topological polar surface area (TPSA) is 72.2 Å². The van der Waals surface area contributed by atoms with Gasteiger partial charge in [0.05, 0.1) is 5.69 Å². The molecule has 7 heteroatoms. The molecule has 1 aliphatic carbocycles. The van der Waals surface area contributed by atoms with Gasteiger partial charge in [-0.1, -0.05) is 37.3 Å². The summed E-state index contributed by atoms with van der Waals surface area (Å²) in [5.74, 6) is -0.949. The first-order valence-electron chi connectivity index (χ1n) is 6.67. The maximum Gasteiger partial charge on any atom is 0.243 e. The highest BCUT2D eigenvalue weighted by molar-refractivity contribution is 7.89. The number of halogens is 2. The maximum atomic E-state index is 13.9. The molecule has 0 amide bonds. The van der Waals surface area contributed by atoms with E-state index in [1.54, 1.807) is 0 Å². The van der Waals surface area contributed by atoms with Crippen molar-refractivity contribution in [2.45, 2.75) is 49.5 Å². The van der Waals surface area contributed by atoms with E-state index >= 15 is 0 Å². The summed E-state index contributed by atoms with van der Waals surface area (Å²) in [5, 5.41) is 0.102. The number of hydrogen-bond donors (Lipinski definition) is 2. The van der Waals surface area contributed by atoms with Gasteiger partial charge in [-0.3, -0.25) is 0 Å². The lowest BCUT2D eigenvalue weighted by molar-refractivity contribution is 0.504. The van der Waals surface area contributed by atoms with Crippen LogP contribution in [-0.2, 0) is 10.0 Å². The van der Waals surface area contributed by atoms with Gasteiger partial charge in [0.25, 0.3) is 0 Å². The van der Waals surface area contributed by atoms with Gasteiger partial charge < -0.3 is 5.73 Å². The van der Waals surface area contributed by atoms with Gasteiger partial charge in [0.1, 0.15) is 4.90 Å². The van der Waals surface area contributed by atoms with E-state index in [1.165, 1.54) is 6.07 Å². The number of anilines is 1. The second-order valence-electron chi connectivity index (χ2n) is 5.12. The van der Waals surface area contributed by atoms with Crippen molar-refractivity contribution in [2.24, 2.45) is 0 Å². The summed E-state index contributed by atoms with van der Waals surface area (Å²) in [6.45, 7) is 0. The summed E-state index contributed by atoms with van der Waals surface area (Å²) in [5.41, 5.74) is 5.16. The van der Waals surface area contributed by atoms with Crippen LogP contribution in [0.5, 0.6) is 0 Å². The minimum atomic E-state index is -3.94. The molecular weight excluding hydrogens is 303 g/mol. The van der Waals surface area contributed by atoms with Gasteiger partial charge >= 0.3 is 0 Å². The van der Waals surface area contributed by atoms with Gasteiger partial charge in [0.15, 0.2) is 5.82 Å². The van der Waals surface area contributed by atoms with Crippen LogP contribution in [0, 0.1) is 5.82 Å². The third kappa shape index (κ3) is 3.62. The molecule has 0 atom stereocenters. The van der Waals surface area contributed by atoms with Gasteiger partial charge in [-0.25, -0.2) is 17.5 Å². The highest BCUT2D eigenvalue weighted by atomic mass is 35.5. The molecule has 0 bridgehead atoms. The van der Waals surface area contributed by atoms with Crippen molar-refractivity contribution in [1.29, 1.82) is 0 Å². The zero-order valence-electron chi connectivity index (χ0n) is 11.0. The van der Waals surface area contributed by atoms with Gasteiger partial charge in [-0.15, -0.1) is 0 Å². The lowest BCUT2D eigenvalue weighted by Crippen LogP contribution is -2.35. The average molecular weight is 321 g/mol. The van der Waals surface area contributed by atoms with Crippen LogP contribution < -0.4 is 10.5 Å². The van der Waals surface area contributed by atoms with Gasteiger partial charge in [-0.2, -0.15) is 0 Å². The molecule has 1 aromatic carbocycles. The fourth-order valence-electron chi connectivity index (χ4n) is 2.46. The Morgan fingerprint density at radius 1 is 1.20 bits per heavy atom. The normalized spacial score (nSPS) is 17.9. The first-order chi connectivity index (χ1) is 9.40. The molecule has 1 aliphatic rings. The Kier molecular flexibility index (Phi) is 4.88. The number of benzene rings is 1. The Labute approximate surface area is 123 Å². The molecule has 3 N–H and O–H groups in total. The van der Waals surface area contributed by atoms with E-state index < -0.39 is 20.7 Å². The molecule has 0 radical (unpaired) electrons. The van der Waals surface area contributed by atoms with Crippen molar-refractivity contribution >= 4 is 27.3 Å². The van der Waals surface area contributed by atoms with Crippen molar-refractivity contribution < 1.29 is 12.8 Å². The molecule has 1 aromatic rings. The smallest absolute Gasteiger partial charge is 0.243 e. The van der Waals surface area contributed by atoms with Gasteiger partial charge in [0.2, 0.25) is 10.0 Å². The molecule has 112 valence electrons. The molecular formula is C13H18ClFN2O2S. The second-order valence-corrected chi connectivity index (χ2v) is 7.24. The molecule has 0 aliphatic heterocycles. The monoisotopic (exact) mass is 320 g/mol. The summed E-state index contributed by atoms with van der Waals surface area (Å²) in [4.78, 5) is -0.480. The van der Waals surface area contributed by atoms with Gasteiger partial charge in [-0.05, 0) is 25.0 Å². The number of rotatable bonds is 3. The number of nitrogen functional groups attached to an aromatic ring is 1. The van der Waals surface area contributed by atoms with Crippen molar-refractivity contribution in [3.63, 3.8) is 0 Å². The maximum absolute atomic E-state index is 13.9. The minimum absolute atomic E-state index is 0.102. The molecule has 4 nitrogen and oxygen atoms in total. The van der Waals surface area contributed by atoms with E-state index in [0.29, 0.717) is 0 Å². The van der Waals surface area contributed by atoms with Crippen molar-refractivity contribution in [3.05, 3.63) is 23.0 Å².